The van der Waals surface area contributed by atoms with E-state index in [1.54, 1.807) is 0 Å². The molecule has 0 saturated carbocycles. The van der Waals surface area contributed by atoms with Crippen LogP contribution in [0, 0.1) is 0 Å². The molecule has 2 aromatic heterocycles. The summed E-state index contributed by atoms with van der Waals surface area (Å²) in [6.07, 6.45) is 0. The summed E-state index contributed by atoms with van der Waals surface area (Å²) in [6.45, 7) is 0. The molecule has 0 aliphatic rings. The number of benzene rings is 9. The van der Waals surface area contributed by atoms with Crippen LogP contribution in [0.4, 0.5) is 0 Å². The van der Waals surface area contributed by atoms with E-state index in [4.69, 9.17) is 0 Å². The van der Waals surface area contributed by atoms with E-state index in [-0.39, 0.29) is 0 Å². The van der Waals surface area contributed by atoms with Gasteiger partial charge in [-0.1, -0.05) is 152 Å². The van der Waals surface area contributed by atoms with Crippen LogP contribution in [-0.4, -0.2) is 0 Å². The van der Waals surface area contributed by atoms with Crippen LogP contribution >= 0.6 is 22.7 Å². The average Bonchev–Trinajstić information content (AvgIpc) is 3.74. The second-order valence-corrected chi connectivity index (χ2v) is 15.8. The van der Waals surface area contributed by atoms with Crippen molar-refractivity contribution in [3.63, 3.8) is 0 Å². The second kappa shape index (κ2) is 11.7. The van der Waals surface area contributed by atoms with Gasteiger partial charge in [0.1, 0.15) is 0 Å². The van der Waals surface area contributed by atoms with Crippen molar-refractivity contribution in [2.75, 3.05) is 0 Å². The maximum Gasteiger partial charge on any atom is 0.0542 e. The van der Waals surface area contributed by atoms with E-state index in [1.807, 2.05) is 22.7 Å². The van der Waals surface area contributed by atoms with E-state index in [2.05, 4.69) is 182 Å². The third-order valence-corrected chi connectivity index (χ3v) is 13.2. The van der Waals surface area contributed by atoms with E-state index in [9.17, 15) is 0 Å². The van der Waals surface area contributed by atoms with Gasteiger partial charge in [-0.3, -0.25) is 0 Å². The van der Waals surface area contributed by atoms with Crippen molar-refractivity contribution in [3.05, 3.63) is 182 Å². The second-order valence-electron chi connectivity index (χ2n) is 13.7. The molecule has 0 radical (unpaired) electrons. The number of thiophene rings is 2. The van der Waals surface area contributed by atoms with E-state index in [1.165, 1.54) is 106 Å². The molecular formula is C50H30S2. The van der Waals surface area contributed by atoms with Crippen molar-refractivity contribution in [1.82, 2.24) is 0 Å². The van der Waals surface area contributed by atoms with Crippen LogP contribution in [0.1, 0.15) is 0 Å². The zero-order valence-electron chi connectivity index (χ0n) is 28.1. The molecule has 0 nitrogen and oxygen atoms in total. The lowest BCUT2D eigenvalue weighted by molar-refractivity contribution is 1.59. The van der Waals surface area contributed by atoms with E-state index < -0.39 is 0 Å². The van der Waals surface area contributed by atoms with Gasteiger partial charge in [-0.05, 0) is 107 Å². The summed E-state index contributed by atoms with van der Waals surface area (Å²) in [5, 5.41) is 10.5. The molecular weight excluding hydrogens is 665 g/mol. The van der Waals surface area contributed by atoms with Crippen LogP contribution in [0.25, 0.3) is 106 Å². The first-order chi connectivity index (χ1) is 25.7. The number of hydrogen-bond acceptors (Lipinski definition) is 2. The van der Waals surface area contributed by atoms with Crippen molar-refractivity contribution < 1.29 is 0 Å². The first kappa shape index (κ1) is 29.6. The molecule has 0 unspecified atom stereocenters. The number of hydrogen-bond donors (Lipinski definition) is 0. The lowest BCUT2D eigenvalue weighted by Crippen LogP contribution is -1.87. The third kappa shape index (κ3) is 4.80. The Kier molecular flexibility index (Phi) is 6.70. The van der Waals surface area contributed by atoms with Gasteiger partial charge in [0.2, 0.25) is 0 Å². The topological polar surface area (TPSA) is 0 Å². The molecule has 52 heavy (non-hydrogen) atoms. The fraction of sp³-hybridized carbons (Fsp3) is 0. The van der Waals surface area contributed by atoms with Crippen LogP contribution in [0.3, 0.4) is 0 Å². The highest BCUT2D eigenvalue weighted by molar-refractivity contribution is 7.36. The Hall–Kier alpha value is -6.06. The van der Waals surface area contributed by atoms with E-state index >= 15 is 0 Å². The Labute approximate surface area is 309 Å². The van der Waals surface area contributed by atoms with Gasteiger partial charge in [0.05, 0.1) is 9.40 Å². The predicted molar refractivity (Wildman–Crippen MR) is 229 cm³/mol. The van der Waals surface area contributed by atoms with Gasteiger partial charge in [-0.15, -0.1) is 22.7 Å². The van der Waals surface area contributed by atoms with Gasteiger partial charge in [0.25, 0.3) is 0 Å². The summed E-state index contributed by atoms with van der Waals surface area (Å²) in [5.74, 6) is 0. The Balaban J connectivity index is 0.929. The number of rotatable bonds is 4. The maximum absolute atomic E-state index is 2.40. The summed E-state index contributed by atoms with van der Waals surface area (Å²) in [4.78, 5) is 0. The first-order valence-corrected chi connectivity index (χ1v) is 19.4. The maximum atomic E-state index is 2.40. The highest BCUT2D eigenvalue weighted by Crippen LogP contribution is 2.46. The molecule has 0 bridgehead atoms. The van der Waals surface area contributed by atoms with Crippen LogP contribution in [0.2, 0.25) is 0 Å². The third-order valence-electron chi connectivity index (χ3n) is 10.7. The normalized spacial score (nSPS) is 11.8. The molecule has 0 aliphatic heterocycles. The fourth-order valence-corrected chi connectivity index (χ4v) is 10.7. The van der Waals surface area contributed by atoms with Crippen LogP contribution in [-0.2, 0) is 0 Å². The van der Waals surface area contributed by atoms with E-state index in [0.717, 1.165) is 0 Å². The highest BCUT2D eigenvalue weighted by atomic mass is 32.1. The average molecular weight is 695 g/mol. The van der Waals surface area contributed by atoms with Gasteiger partial charge >= 0.3 is 0 Å². The molecule has 2 heterocycles. The van der Waals surface area contributed by atoms with Crippen LogP contribution in [0.5, 0.6) is 0 Å². The molecule has 9 aromatic carbocycles. The lowest BCUT2D eigenvalue weighted by Gasteiger charge is -2.13. The van der Waals surface area contributed by atoms with Crippen LogP contribution in [0.15, 0.2) is 182 Å². The predicted octanol–water partition coefficient (Wildman–Crippen LogP) is 15.4. The van der Waals surface area contributed by atoms with Gasteiger partial charge in [0.15, 0.2) is 0 Å². The van der Waals surface area contributed by atoms with Gasteiger partial charge in [-0.2, -0.15) is 0 Å². The van der Waals surface area contributed by atoms with Crippen molar-refractivity contribution in [3.8, 4) is 44.5 Å². The minimum Gasteiger partial charge on any atom is -0.134 e. The molecule has 0 atom stereocenters. The van der Waals surface area contributed by atoms with Gasteiger partial charge in [0, 0.05) is 20.2 Å². The zero-order chi connectivity index (χ0) is 34.2. The molecule has 0 amide bonds. The van der Waals surface area contributed by atoms with Crippen molar-refractivity contribution in [1.29, 1.82) is 0 Å². The Bertz CT molecular complexity index is 3140. The van der Waals surface area contributed by atoms with Crippen molar-refractivity contribution in [2.24, 2.45) is 0 Å². The molecule has 0 N–H and O–H groups in total. The molecule has 0 aliphatic carbocycles. The monoisotopic (exact) mass is 694 g/mol. The Morgan fingerprint density at radius 3 is 1.27 bits per heavy atom. The lowest BCUT2D eigenvalue weighted by atomic mass is 9.91. The molecule has 11 rings (SSSR count). The SMILES string of the molecule is c1ccc(-c2ccc(-c3ccc(-c4ccc(-c5ccc6cc7c(cc6c5)sc5c6cc8ccccc8cc6sc75)cc4)c4ccccc34)cc2)cc1. The standard InChI is InChI=1S/C50H30S2/c1-2-8-31(9-3-1)32-14-18-34(19-15-32)41-24-25-42(44-13-7-6-12-43(41)44)35-20-16-33(17-21-35)38-22-23-39-28-46-48(30-40(39)26-38)52-49-45-27-36-10-4-5-11-37(36)29-47(45)51-50(46)49/h1-30H. The summed E-state index contributed by atoms with van der Waals surface area (Å²) in [6, 6.07) is 67.2. The summed E-state index contributed by atoms with van der Waals surface area (Å²) in [5.41, 5.74) is 9.92. The molecule has 0 fully saturated rings. The van der Waals surface area contributed by atoms with Crippen molar-refractivity contribution >= 4 is 84.6 Å². The zero-order valence-corrected chi connectivity index (χ0v) is 29.8. The Morgan fingerprint density at radius 2 is 0.673 bits per heavy atom. The van der Waals surface area contributed by atoms with Gasteiger partial charge < -0.3 is 0 Å². The minimum atomic E-state index is 1.23. The largest absolute Gasteiger partial charge is 0.134 e. The van der Waals surface area contributed by atoms with Crippen LogP contribution < -0.4 is 0 Å². The molecule has 0 spiro atoms. The van der Waals surface area contributed by atoms with Gasteiger partial charge in [-0.25, -0.2) is 0 Å². The smallest absolute Gasteiger partial charge is 0.0542 e. The molecule has 242 valence electrons. The minimum absolute atomic E-state index is 1.23. The highest BCUT2D eigenvalue weighted by Gasteiger charge is 2.15. The summed E-state index contributed by atoms with van der Waals surface area (Å²) >= 11 is 3.86. The quantitative estimate of drug-likeness (QED) is 0.172. The summed E-state index contributed by atoms with van der Waals surface area (Å²) in [7, 11) is 0. The Morgan fingerprint density at radius 1 is 0.250 bits per heavy atom. The first-order valence-electron chi connectivity index (χ1n) is 17.7. The van der Waals surface area contributed by atoms with Crippen molar-refractivity contribution in [2.45, 2.75) is 0 Å². The molecule has 0 saturated heterocycles. The number of fused-ring (bicyclic) bond motifs is 8. The van der Waals surface area contributed by atoms with E-state index in [0.29, 0.717) is 0 Å². The molecule has 2 heteroatoms. The molecule has 11 aromatic rings. The fourth-order valence-electron chi connectivity index (χ4n) is 7.98. The summed E-state index contributed by atoms with van der Waals surface area (Å²) < 4.78 is 5.55.